The van der Waals surface area contributed by atoms with Crippen molar-refractivity contribution in [3.63, 3.8) is 0 Å². The number of aliphatic carboxylic acids is 1. The van der Waals surface area contributed by atoms with E-state index in [1.807, 2.05) is 80.5 Å². The van der Waals surface area contributed by atoms with Crippen molar-refractivity contribution in [3.8, 4) is 0 Å². The number of benzene rings is 2. The van der Waals surface area contributed by atoms with Crippen LogP contribution in [-0.2, 0) is 28.5 Å². The number of hydrogen-bond donors (Lipinski definition) is 7. The Morgan fingerprint density at radius 1 is 0.575 bits per heavy atom. The minimum atomic E-state index is -0.921. The predicted molar refractivity (Wildman–Crippen MR) is 285 cm³/mol. The minimum absolute atomic E-state index is 0.0161. The maximum Gasteiger partial charge on any atom is 0.412 e. The van der Waals surface area contributed by atoms with E-state index in [1.165, 1.54) is 6.20 Å². The normalized spacial score (nSPS) is 17.5. The smallest absolute Gasteiger partial charge is 0.412 e. The van der Waals surface area contributed by atoms with Crippen molar-refractivity contribution >= 4 is 81.8 Å². The fourth-order valence-corrected chi connectivity index (χ4v) is 7.54. The largest absolute Gasteiger partial charge is 0.477 e. The molecule has 2 atom stereocenters. The summed E-state index contributed by atoms with van der Waals surface area (Å²) in [5.74, 6) is -1.23. The first-order valence-electron chi connectivity index (χ1n) is 24.4. The molecule has 400 valence electrons. The first-order chi connectivity index (χ1) is 33.9. The second kappa shape index (κ2) is 25.4. The Labute approximate surface area is 428 Å². The van der Waals surface area contributed by atoms with Crippen LogP contribution >= 0.6 is 0 Å². The zero-order chi connectivity index (χ0) is 54.3. The molecule has 4 heterocycles. The van der Waals surface area contributed by atoms with Gasteiger partial charge in [-0.05, 0) is 145 Å². The number of amides is 5. The number of hydrogen-bond acceptors (Lipinski definition) is 15. The lowest BCUT2D eigenvalue weighted by atomic mass is 10.0. The molecule has 2 aromatic rings. The van der Waals surface area contributed by atoms with Crippen LogP contribution in [0.2, 0.25) is 0 Å². The van der Waals surface area contributed by atoms with Gasteiger partial charge in [-0.15, -0.1) is 0 Å². The monoisotopic (exact) mass is 1020 g/mol. The number of carboxylic acids is 1. The summed E-state index contributed by atoms with van der Waals surface area (Å²) in [5.41, 5.74) is 8.34. The average Bonchev–Trinajstić information content (AvgIpc) is 3.99. The van der Waals surface area contributed by atoms with E-state index in [0.29, 0.717) is 54.4 Å². The third-order valence-corrected chi connectivity index (χ3v) is 10.3. The van der Waals surface area contributed by atoms with Gasteiger partial charge in [0, 0.05) is 74.9 Å². The molecule has 0 spiro atoms. The molecule has 0 aromatic heterocycles. The Morgan fingerprint density at radius 3 is 1.38 bits per heavy atom. The molecule has 21 heteroatoms. The van der Waals surface area contributed by atoms with Crippen LogP contribution in [0.1, 0.15) is 122 Å². The van der Waals surface area contributed by atoms with Crippen LogP contribution in [0.5, 0.6) is 0 Å². The number of carbonyl (C=O) groups is 6. The van der Waals surface area contributed by atoms with Gasteiger partial charge in [0.05, 0.1) is 22.7 Å². The van der Waals surface area contributed by atoms with Gasteiger partial charge in [-0.3, -0.25) is 25.4 Å². The van der Waals surface area contributed by atoms with E-state index in [4.69, 9.17) is 29.8 Å². The van der Waals surface area contributed by atoms with Gasteiger partial charge < -0.3 is 55.5 Å². The third kappa shape index (κ3) is 21.5. The van der Waals surface area contributed by atoms with Crippen LogP contribution in [0.15, 0.2) is 70.9 Å². The number of nitrogen functional groups attached to an aromatic ring is 1. The van der Waals surface area contributed by atoms with E-state index >= 15 is 0 Å². The van der Waals surface area contributed by atoms with E-state index in [2.05, 4.69) is 46.4 Å². The van der Waals surface area contributed by atoms with Crippen molar-refractivity contribution in [2.24, 2.45) is 9.98 Å². The number of aliphatic imine (C=N–C) groups is 2. The molecular formula is C52H76N10O11. The second-order valence-corrected chi connectivity index (χ2v) is 21.7. The van der Waals surface area contributed by atoms with Gasteiger partial charge in [0.15, 0.2) is 0 Å². The molecule has 2 fully saturated rings. The molecule has 73 heavy (non-hydrogen) atoms. The van der Waals surface area contributed by atoms with E-state index in [9.17, 15) is 28.8 Å². The summed E-state index contributed by atoms with van der Waals surface area (Å²) >= 11 is 0. The zero-order valence-electron chi connectivity index (χ0n) is 44.4. The molecule has 0 aliphatic carbocycles. The Morgan fingerprint density at radius 2 is 0.986 bits per heavy atom. The summed E-state index contributed by atoms with van der Waals surface area (Å²) in [4.78, 5) is 83.4. The van der Waals surface area contributed by atoms with Gasteiger partial charge in [-0.25, -0.2) is 24.0 Å². The SMILES string of the molecule is CC(C)(C)OC(=O)Nc1ccc(N2CCC[C@@H](NC(=O)OC(C)(C)C)C2)c(N)c1.CC(C)(C)OC(=O)Nc1ccc(N2CCC[C@@H](NC(=O)OC(C)(C)C)C2)c(NC(=O)C2=NC=CC2)c1.O=C(O)C1=NC=CC1. The highest BCUT2D eigenvalue weighted by Crippen LogP contribution is 2.33. The molecule has 2 aromatic carbocycles. The van der Waals surface area contributed by atoms with E-state index in [0.717, 1.165) is 50.1 Å². The summed E-state index contributed by atoms with van der Waals surface area (Å²) in [6, 6.07) is 10.5. The minimum Gasteiger partial charge on any atom is -0.477 e. The van der Waals surface area contributed by atoms with Gasteiger partial charge in [0.1, 0.15) is 33.8 Å². The molecule has 21 nitrogen and oxygen atoms in total. The lowest BCUT2D eigenvalue weighted by molar-refractivity contribution is -0.129. The number of nitrogens with two attached hydrogens (primary N) is 1. The number of piperidine rings is 2. The van der Waals surface area contributed by atoms with E-state index in [-0.39, 0.29) is 23.7 Å². The zero-order valence-corrected chi connectivity index (χ0v) is 44.4. The summed E-state index contributed by atoms with van der Waals surface area (Å²) in [7, 11) is 0. The molecule has 0 saturated carbocycles. The maximum atomic E-state index is 12.8. The number of nitrogens with one attached hydrogen (secondary N) is 5. The topological polar surface area (TPSA) is 277 Å². The predicted octanol–water partition coefficient (Wildman–Crippen LogP) is 9.36. The molecular weight excluding hydrogens is 941 g/mol. The fraction of sp³-hybridized carbons (Fsp3) is 0.538. The van der Waals surface area contributed by atoms with Crippen molar-refractivity contribution in [1.29, 1.82) is 0 Å². The standard InChI is InChI=1S/C26H37N5O5.C21H34N4O4.C5H5NO2/c1-25(2,3)35-23(33)28-17-11-12-21(20(15-17)30-22(32)19-10-7-13-27-19)31-14-8-9-18(16-31)29-24(34)36-26(4,5)6;1-20(2,3)28-18(26)23-14-9-10-17(16(22)12-14)25-11-7-8-15(13-25)24-19(27)29-21(4,5)6;7-5(8)4-2-1-3-6-4/h7,11-13,15,18H,8-10,14,16H2,1-6H3,(H,28,33)(H,29,34)(H,30,32);9-10,12,15H,7-8,11,13,22H2,1-6H3,(H,23,26)(H,24,27);1,3H,2H2,(H,7,8)/t18-;15-;/m11./s1. The molecule has 4 aliphatic heterocycles. The first kappa shape index (κ1) is 58.3. The molecule has 6 rings (SSSR count). The van der Waals surface area contributed by atoms with Crippen LogP contribution in [0, 0.1) is 0 Å². The third-order valence-electron chi connectivity index (χ3n) is 10.3. The molecule has 4 aliphatic rings. The number of rotatable bonds is 9. The fourth-order valence-electron chi connectivity index (χ4n) is 7.54. The number of allylic oxidation sites excluding steroid dienone is 2. The van der Waals surface area contributed by atoms with Gasteiger partial charge >= 0.3 is 30.3 Å². The van der Waals surface area contributed by atoms with Gasteiger partial charge in [0.2, 0.25) is 0 Å². The Balaban J connectivity index is 0.000000278. The molecule has 0 radical (unpaired) electrons. The highest BCUT2D eigenvalue weighted by Gasteiger charge is 2.29. The van der Waals surface area contributed by atoms with Crippen LogP contribution < -0.4 is 42.1 Å². The molecule has 2 saturated heterocycles. The van der Waals surface area contributed by atoms with Gasteiger partial charge in [-0.1, -0.05) is 12.2 Å². The van der Waals surface area contributed by atoms with Crippen LogP contribution in [0.4, 0.5) is 53.3 Å². The molecule has 0 unspecified atom stereocenters. The number of nitrogens with zero attached hydrogens (tertiary/aromatic N) is 4. The summed E-state index contributed by atoms with van der Waals surface area (Å²) in [6.07, 6.45) is 9.07. The average molecular weight is 1020 g/mol. The van der Waals surface area contributed by atoms with Crippen molar-refractivity contribution in [1.82, 2.24) is 10.6 Å². The van der Waals surface area contributed by atoms with Crippen LogP contribution in [0.3, 0.4) is 0 Å². The van der Waals surface area contributed by atoms with Gasteiger partial charge in [-0.2, -0.15) is 0 Å². The van der Waals surface area contributed by atoms with E-state index in [1.54, 1.807) is 57.3 Å². The number of anilines is 6. The van der Waals surface area contributed by atoms with E-state index < -0.39 is 52.7 Å². The van der Waals surface area contributed by atoms with Crippen LogP contribution in [-0.4, -0.2) is 113 Å². The Kier molecular flexibility index (Phi) is 20.2. The van der Waals surface area contributed by atoms with Crippen molar-refractivity contribution in [2.45, 2.75) is 156 Å². The lowest BCUT2D eigenvalue weighted by Gasteiger charge is -2.36. The molecule has 0 bridgehead atoms. The van der Waals surface area contributed by atoms with Crippen LogP contribution in [0.25, 0.3) is 0 Å². The Hall–Kier alpha value is -7.32. The van der Waals surface area contributed by atoms with Crippen molar-refractivity contribution in [3.05, 3.63) is 61.0 Å². The number of ether oxygens (including phenoxy) is 4. The number of carboxylic acid groups (broad SMARTS) is 1. The first-order valence-corrected chi connectivity index (χ1v) is 24.4. The van der Waals surface area contributed by atoms with Gasteiger partial charge in [0.25, 0.3) is 5.91 Å². The van der Waals surface area contributed by atoms with Crippen molar-refractivity contribution in [2.75, 3.05) is 57.7 Å². The van der Waals surface area contributed by atoms with Crippen molar-refractivity contribution < 1.29 is 52.8 Å². The number of carbonyl (C=O) groups excluding carboxylic acids is 5. The second-order valence-electron chi connectivity index (χ2n) is 21.7. The highest BCUT2D eigenvalue weighted by molar-refractivity contribution is 6.44. The quantitative estimate of drug-likeness (QED) is 0.0911. The Bertz CT molecular complexity index is 2420. The summed E-state index contributed by atoms with van der Waals surface area (Å²) in [5, 5.41) is 22.5. The molecule has 8 N–H and O–H groups in total. The number of alkyl carbamates (subject to hydrolysis) is 2. The lowest BCUT2D eigenvalue weighted by Crippen LogP contribution is -2.49. The summed E-state index contributed by atoms with van der Waals surface area (Å²) in [6.45, 7) is 24.6. The maximum absolute atomic E-state index is 12.8. The summed E-state index contributed by atoms with van der Waals surface area (Å²) < 4.78 is 21.4. The highest BCUT2D eigenvalue weighted by atomic mass is 16.6. The molecule has 5 amide bonds.